The number of carbonyl (C=O) groups excluding carboxylic acids is 2. The Kier molecular flexibility index (Phi) is 11.3. The molecular formula is C23H39N3O2. The van der Waals surface area contributed by atoms with Gasteiger partial charge in [0, 0.05) is 38.4 Å². The summed E-state index contributed by atoms with van der Waals surface area (Å²) in [4.78, 5) is 26.7. The molecular weight excluding hydrogens is 350 g/mol. The average molecular weight is 390 g/mol. The van der Waals surface area contributed by atoms with E-state index in [1.807, 2.05) is 31.1 Å². The fourth-order valence-electron chi connectivity index (χ4n) is 3.04. The minimum atomic E-state index is -0.111. The minimum absolute atomic E-state index is 0.0136. The molecule has 0 unspecified atom stereocenters. The van der Waals surface area contributed by atoms with E-state index in [-0.39, 0.29) is 11.8 Å². The number of unbranched alkanes of at least 4 members (excludes halogenated alkanes) is 6. The number of amides is 2. The number of nitrogens with zero attached hydrogens (tertiary/aromatic N) is 1. The highest BCUT2D eigenvalue weighted by molar-refractivity contribution is 6.02. The molecule has 1 rings (SSSR count). The van der Waals surface area contributed by atoms with E-state index in [2.05, 4.69) is 31.4 Å². The fraction of sp³-hybridized carbons (Fsp3) is 0.652. The van der Waals surface area contributed by atoms with Gasteiger partial charge in [-0.1, -0.05) is 59.3 Å². The summed E-state index contributed by atoms with van der Waals surface area (Å²) >= 11 is 0. The maximum atomic E-state index is 12.6. The third-order valence-electron chi connectivity index (χ3n) is 4.69. The van der Waals surface area contributed by atoms with Gasteiger partial charge in [-0.3, -0.25) is 9.59 Å². The molecule has 0 atom stereocenters. The molecule has 0 fully saturated rings. The van der Waals surface area contributed by atoms with Crippen molar-refractivity contribution in [2.24, 2.45) is 5.92 Å². The van der Waals surface area contributed by atoms with Gasteiger partial charge >= 0.3 is 0 Å². The maximum Gasteiger partial charge on any atom is 0.253 e. The molecule has 0 saturated heterocycles. The van der Waals surface area contributed by atoms with Crippen LogP contribution in [0.25, 0.3) is 0 Å². The van der Waals surface area contributed by atoms with Crippen LogP contribution >= 0.6 is 0 Å². The molecule has 0 heterocycles. The summed E-state index contributed by atoms with van der Waals surface area (Å²) in [5, 5.41) is 5.90. The van der Waals surface area contributed by atoms with Crippen LogP contribution in [0.4, 0.5) is 11.4 Å². The summed E-state index contributed by atoms with van der Waals surface area (Å²) in [6, 6.07) is 5.51. The number of benzene rings is 1. The van der Waals surface area contributed by atoms with Gasteiger partial charge in [0.05, 0.1) is 5.56 Å². The van der Waals surface area contributed by atoms with Crippen molar-refractivity contribution in [2.75, 3.05) is 30.9 Å². The fourth-order valence-corrected chi connectivity index (χ4v) is 3.04. The smallest absolute Gasteiger partial charge is 0.253 e. The Morgan fingerprint density at radius 2 is 1.64 bits per heavy atom. The zero-order valence-corrected chi connectivity index (χ0v) is 18.4. The van der Waals surface area contributed by atoms with Crippen LogP contribution in [-0.2, 0) is 4.79 Å². The van der Waals surface area contributed by atoms with Crippen molar-refractivity contribution >= 4 is 23.2 Å². The van der Waals surface area contributed by atoms with Crippen LogP contribution in [0.15, 0.2) is 18.2 Å². The zero-order valence-electron chi connectivity index (χ0n) is 18.4. The molecule has 0 aliphatic rings. The molecule has 158 valence electrons. The average Bonchev–Trinajstić information content (AvgIpc) is 2.65. The van der Waals surface area contributed by atoms with E-state index >= 15 is 0 Å². The van der Waals surface area contributed by atoms with Gasteiger partial charge in [0.15, 0.2) is 0 Å². The molecule has 1 aromatic rings. The van der Waals surface area contributed by atoms with Crippen LogP contribution in [0.1, 0.15) is 82.5 Å². The molecule has 0 radical (unpaired) electrons. The Morgan fingerprint density at radius 1 is 1.00 bits per heavy atom. The number of anilines is 2. The second kappa shape index (κ2) is 13.2. The number of carbonyl (C=O) groups is 2. The molecule has 0 aromatic heterocycles. The van der Waals surface area contributed by atoms with Crippen molar-refractivity contribution in [1.82, 2.24) is 5.32 Å². The van der Waals surface area contributed by atoms with Gasteiger partial charge in [0.2, 0.25) is 5.91 Å². The molecule has 2 N–H and O–H groups in total. The van der Waals surface area contributed by atoms with Crippen molar-refractivity contribution < 1.29 is 9.59 Å². The number of nitrogens with one attached hydrogen (secondary N) is 2. The topological polar surface area (TPSA) is 61.4 Å². The molecule has 0 spiro atoms. The lowest BCUT2D eigenvalue weighted by molar-refractivity contribution is -0.116. The number of rotatable bonds is 13. The molecule has 28 heavy (non-hydrogen) atoms. The molecule has 0 saturated carbocycles. The molecule has 2 amide bonds. The lowest BCUT2D eigenvalue weighted by atomic mass is 10.1. The summed E-state index contributed by atoms with van der Waals surface area (Å²) in [5.41, 5.74) is 2.10. The Labute approximate surface area is 171 Å². The van der Waals surface area contributed by atoms with Crippen LogP contribution in [0.2, 0.25) is 0 Å². The zero-order chi connectivity index (χ0) is 20.9. The Hall–Kier alpha value is -2.04. The van der Waals surface area contributed by atoms with E-state index < -0.39 is 0 Å². The molecule has 0 aliphatic heterocycles. The quantitative estimate of drug-likeness (QED) is 0.455. The highest BCUT2D eigenvalue weighted by Gasteiger charge is 2.15. The minimum Gasteiger partial charge on any atom is -0.377 e. The predicted octanol–water partition coefficient (Wildman–Crippen LogP) is 5.22. The lowest BCUT2D eigenvalue weighted by Crippen LogP contribution is -2.29. The standard InChI is InChI=1S/C23H39N3O2/c1-6-7-8-9-10-11-12-13-22(27)25-19-14-15-21(26(4)5)20(16-19)23(28)24-17-18(2)3/h14-16,18H,6-13,17H2,1-5H3,(H,24,28)(H,25,27). The summed E-state index contributed by atoms with van der Waals surface area (Å²) in [5.74, 6) is 0.289. The van der Waals surface area contributed by atoms with Gasteiger partial charge in [-0.15, -0.1) is 0 Å². The first-order valence-corrected chi connectivity index (χ1v) is 10.7. The molecule has 5 nitrogen and oxygen atoms in total. The van der Waals surface area contributed by atoms with E-state index in [1.165, 1.54) is 32.1 Å². The van der Waals surface area contributed by atoms with Crippen molar-refractivity contribution in [3.63, 3.8) is 0 Å². The molecule has 5 heteroatoms. The van der Waals surface area contributed by atoms with E-state index in [0.717, 1.165) is 18.5 Å². The summed E-state index contributed by atoms with van der Waals surface area (Å²) in [6.07, 6.45) is 8.85. The second-order valence-corrected chi connectivity index (χ2v) is 8.15. The number of hydrogen-bond donors (Lipinski definition) is 2. The summed E-state index contributed by atoms with van der Waals surface area (Å²) < 4.78 is 0. The SMILES string of the molecule is CCCCCCCCCC(=O)Nc1ccc(N(C)C)c(C(=O)NCC(C)C)c1. The van der Waals surface area contributed by atoms with Gasteiger partial charge in [-0.25, -0.2) is 0 Å². The van der Waals surface area contributed by atoms with E-state index in [4.69, 9.17) is 0 Å². The molecule has 0 aliphatic carbocycles. The van der Waals surface area contributed by atoms with E-state index in [0.29, 0.717) is 30.1 Å². The van der Waals surface area contributed by atoms with Crippen LogP contribution in [-0.4, -0.2) is 32.5 Å². The van der Waals surface area contributed by atoms with Crippen molar-refractivity contribution in [1.29, 1.82) is 0 Å². The first-order chi connectivity index (χ1) is 13.3. The molecule has 1 aromatic carbocycles. The van der Waals surface area contributed by atoms with Gasteiger partial charge in [0.1, 0.15) is 0 Å². The highest BCUT2D eigenvalue weighted by atomic mass is 16.2. The first kappa shape index (κ1) is 24.0. The van der Waals surface area contributed by atoms with Gasteiger partial charge in [0.25, 0.3) is 5.91 Å². The van der Waals surface area contributed by atoms with Gasteiger partial charge < -0.3 is 15.5 Å². The lowest BCUT2D eigenvalue weighted by Gasteiger charge is -2.19. The predicted molar refractivity (Wildman–Crippen MR) is 119 cm³/mol. The van der Waals surface area contributed by atoms with Gasteiger partial charge in [-0.2, -0.15) is 0 Å². The summed E-state index contributed by atoms with van der Waals surface area (Å²) in [7, 11) is 3.82. The van der Waals surface area contributed by atoms with Crippen LogP contribution in [0, 0.1) is 5.92 Å². The van der Waals surface area contributed by atoms with Crippen molar-refractivity contribution in [3.8, 4) is 0 Å². The van der Waals surface area contributed by atoms with Crippen molar-refractivity contribution in [2.45, 2.75) is 72.1 Å². The monoisotopic (exact) mass is 389 g/mol. The van der Waals surface area contributed by atoms with Crippen molar-refractivity contribution in [3.05, 3.63) is 23.8 Å². The first-order valence-electron chi connectivity index (χ1n) is 10.7. The normalized spacial score (nSPS) is 10.8. The largest absolute Gasteiger partial charge is 0.377 e. The van der Waals surface area contributed by atoms with Crippen LogP contribution in [0.5, 0.6) is 0 Å². The highest BCUT2D eigenvalue weighted by Crippen LogP contribution is 2.23. The third kappa shape index (κ3) is 9.25. The van der Waals surface area contributed by atoms with Crippen LogP contribution < -0.4 is 15.5 Å². The second-order valence-electron chi connectivity index (χ2n) is 8.15. The Morgan fingerprint density at radius 3 is 2.25 bits per heavy atom. The van der Waals surface area contributed by atoms with Crippen LogP contribution in [0.3, 0.4) is 0 Å². The Bertz CT molecular complexity index is 612. The Balaban J connectivity index is 2.59. The van der Waals surface area contributed by atoms with Gasteiger partial charge in [-0.05, 0) is 30.5 Å². The third-order valence-corrected chi connectivity index (χ3v) is 4.69. The maximum absolute atomic E-state index is 12.6. The van der Waals surface area contributed by atoms with E-state index in [9.17, 15) is 9.59 Å². The van der Waals surface area contributed by atoms with E-state index in [1.54, 1.807) is 6.07 Å². The molecule has 0 bridgehead atoms. The summed E-state index contributed by atoms with van der Waals surface area (Å²) in [6.45, 7) is 6.97. The number of hydrogen-bond acceptors (Lipinski definition) is 3.